The van der Waals surface area contributed by atoms with Crippen molar-refractivity contribution in [3.8, 4) is 0 Å². The molecule has 0 bridgehead atoms. The number of carbonyl (C=O) groups is 2. The first kappa shape index (κ1) is 10.7. The highest BCUT2D eigenvalue weighted by Gasteiger charge is 2.19. The second kappa shape index (κ2) is 4.24. The van der Waals surface area contributed by atoms with Crippen LogP contribution in [0.3, 0.4) is 0 Å². The highest BCUT2D eigenvalue weighted by atomic mass is 35.5. The lowest BCUT2D eigenvalue weighted by molar-refractivity contribution is -0.135. The van der Waals surface area contributed by atoms with Crippen molar-refractivity contribution in [1.82, 2.24) is 0 Å². The Bertz CT molecular complexity index is 385. The summed E-state index contributed by atoms with van der Waals surface area (Å²) in [7, 11) is 1.16. The summed E-state index contributed by atoms with van der Waals surface area (Å²) < 4.78 is 4.30. The monoisotopic (exact) mass is 212 g/mol. The molecular formula is C10H9ClO3. The molecule has 0 saturated heterocycles. The van der Waals surface area contributed by atoms with Gasteiger partial charge in [0.15, 0.2) is 0 Å². The average Bonchev–Trinajstić information content (AvgIpc) is 2.15. The van der Waals surface area contributed by atoms with Crippen molar-refractivity contribution in [2.24, 2.45) is 0 Å². The normalized spacial score (nSPS) is 9.64. The minimum Gasteiger partial charge on any atom is -0.463 e. The van der Waals surface area contributed by atoms with Gasteiger partial charge in [0.25, 0.3) is 5.78 Å². The summed E-state index contributed by atoms with van der Waals surface area (Å²) in [5.41, 5.74) is 1.10. The Kier molecular flexibility index (Phi) is 3.25. The van der Waals surface area contributed by atoms with Crippen molar-refractivity contribution in [3.63, 3.8) is 0 Å². The number of aryl methyl sites for hydroxylation is 1. The van der Waals surface area contributed by atoms with E-state index >= 15 is 0 Å². The van der Waals surface area contributed by atoms with E-state index in [9.17, 15) is 9.59 Å². The lowest BCUT2D eigenvalue weighted by Crippen LogP contribution is -2.16. The first-order valence-electron chi connectivity index (χ1n) is 3.95. The molecule has 4 heteroatoms. The zero-order valence-electron chi connectivity index (χ0n) is 7.83. The maximum atomic E-state index is 11.3. The van der Waals surface area contributed by atoms with Crippen LogP contribution in [0.5, 0.6) is 0 Å². The summed E-state index contributed by atoms with van der Waals surface area (Å²) in [5.74, 6) is -1.63. The van der Waals surface area contributed by atoms with Gasteiger partial charge in [-0.1, -0.05) is 17.7 Å². The quantitative estimate of drug-likeness (QED) is 0.428. The van der Waals surface area contributed by atoms with Gasteiger partial charge in [-0.3, -0.25) is 4.79 Å². The fraction of sp³-hybridized carbons (Fsp3) is 0.200. The van der Waals surface area contributed by atoms with Gasteiger partial charge in [0.2, 0.25) is 0 Å². The first-order chi connectivity index (χ1) is 6.56. The molecule has 0 spiro atoms. The minimum absolute atomic E-state index is 0.170. The molecule has 1 aromatic carbocycles. The van der Waals surface area contributed by atoms with E-state index in [2.05, 4.69) is 4.74 Å². The van der Waals surface area contributed by atoms with Crippen LogP contribution in [0, 0.1) is 6.92 Å². The number of ether oxygens (including phenoxy) is 1. The number of benzene rings is 1. The van der Waals surface area contributed by atoms with Crippen LogP contribution >= 0.6 is 11.6 Å². The average molecular weight is 213 g/mol. The van der Waals surface area contributed by atoms with Crippen molar-refractivity contribution in [3.05, 3.63) is 34.3 Å². The molecule has 0 N–H and O–H groups in total. The number of ketones is 1. The molecule has 14 heavy (non-hydrogen) atoms. The summed E-state index contributed by atoms with van der Waals surface area (Å²) in [6.07, 6.45) is 0. The summed E-state index contributed by atoms with van der Waals surface area (Å²) >= 11 is 5.80. The molecule has 1 aromatic rings. The van der Waals surface area contributed by atoms with Crippen LogP contribution in [-0.4, -0.2) is 18.9 Å². The molecule has 3 nitrogen and oxygen atoms in total. The molecular weight excluding hydrogens is 204 g/mol. The number of carbonyl (C=O) groups excluding carboxylic acids is 2. The highest BCUT2D eigenvalue weighted by molar-refractivity contribution is 6.45. The van der Waals surface area contributed by atoms with Crippen molar-refractivity contribution >= 4 is 23.4 Å². The second-order valence-electron chi connectivity index (χ2n) is 2.80. The third-order valence-corrected chi connectivity index (χ3v) is 2.05. The molecule has 0 fully saturated rings. The topological polar surface area (TPSA) is 43.4 Å². The van der Waals surface area contributed by atoms with Gasteiger partial charge in [-0.25, -0.2) is 4.79 Å². The maximum Gasteiger partial charge on any atom is 0.379 e. The summed E-state index contributed by atoms with van der Waals surface area (Å²) in [6, 6.07) is 4.84. The predicted molar refractivity (Wildman–Crippen MR) is 52.5 cm³/mol. The molecule has 0 unspecified atom stereocenters. The minimum atomic E-state index is -0.907. The van der Waals surface area contributed by atoms with Gasteiger partial charge in [-0.2, -0.15) is 0 Å². The van der Waals surface area contributed by atoms with Crippen LogP contribution in [0.2, 0.25) is 5.02 Å². The number of esters is 1. The Morgan fingerprint density at radius 2 is 2.00 bits per heavy atom. The van der Waals surface area contributed by atoms with Crippen LogP contribution in [0.15, 0.2) is 18.2 Å². The molecule has 0 aliphatic rings. The number of hydrogen-bond donors (Lipinski definition) is 0. The Labute approximate surface area is 86.6 Å². The second-order valence-corrected chi connectivity index (χ2v) is 3.21. The van der Waals surface area contributed by atoms with Crippen molar-refractivity contribution in [2.75, 3.05) is 7.11 Å². The summed E-state index contributed by atoms with van der Waals surface area (Å²) in [5, 5.41) is 0.264. The van der Waals surface area contributed by atoms with Gasteiger partial charge >= 0.3 is 5.97 Å². The summed E-state index contributed by atoms with van der Waals surface area (Å²) in [6.45, 7) is 1.85. The van der Waals surface area contributed by atoms with E-state index in [0.29, 0.717) is 0 Å². The van der Waals surface area contributed by atoms with E-state index in [-0.39, 0.29) is 10.6 Å². The van der Waals surface area contributed by atoms with Gasteiger partial charge < -0.3 is 4.74 Å². The van der Waals surface area contributed by atoms with Crippen LogP contribution in [-0.2, 0) is 9.53 Å². The van der Waals surface area contributed by atoms with Crippen LogP contribution in [0.25, 0.3) is 0 Å². The van der Waals surface area contributed by atoms with Gasteiger partial charge in [0, 0.05) is 5.56 Å². The molecule has 0 saturated carbocycles. The number of halogens is 1. The van der Waals surface area contributed by atoms with Crippen LogP contribution in [0.1, 0.15) is 15.9 Å². The van der Waals surface area contributed by atoms with Gasteiger partial charge in [-0.15, -0.1) is 0 Å². The number of rotatable bonds is 2. The van der Waals surface area contributed by atoms with Gasteiger partial charge in [0.1, 0.15) is 0 Å². The molecule has 1 rings (SSSR count). The molecule has 0 aromatic heterocycles. The van der Waals surface area contributed by atoms with E-state index in [1.807, 2.05) is 6.92 Å². The Morgan fingerprint density at radius 3 is 2.50 bits per heavy atom. The fourth-order valence-corrected chi connectivity index (χ4v) is 1.33. The third-order valence-electron chi connectivity index (χ3n) is 1.74. The van der Waals surface area contributed by atoms with Crippen molar-refractivity contribution in [1.29, 1.82) is 0 Å². The molecule has 0 amide bonds. The number of methoxy groups -OCH3 is 1. The summed E-state index contributed by atoms with van der Waals surface area (Å²) in [4.78, 5) is 22.3. The Morgan fingerprint density at radius 1 is 1.36 bits per heavy atom. The van der Waals surface area contributed by atoms with Gasteiger partial charge in [-0.05, 0) is 24.6 Å². The molecule has 0 heterocycles. The van der Waals surface area contributed by atoms with E-state index in [4.69, 9.17) is 11.6 Å². The number of hydrogen-bond acceptors (Lipinski definition) is 3. The fourth-order valence-electron chi connectivity index (χ4n) is 1.01. The molecule has 74 valence electrons. The van der Waals surface area contributed by atoms with E-state index in [0.717, 1.165) is 12.7 Å². The van der Waals surface area contributed by atoms with Crippen LogP contribution < -0.4 is 0 Å². The maximum absolute atomic E-state index is 11.3. The number of Topliss-reactive ketones (excluding diaryl/α,β-unsaturated/α-hetero) is 1. The third kappa shape index (κ3) is 2.12. The zero-order valence-corrected chi connectivity index (χ0v) is 8.59. The predicted octanol–water partition coefficient (Wildman–Crippen LogP) is 2.00. The van der Waals surface area contributed by atoms with E-state index in [1.54, 1.807) is 12.1 Å². The first-order valence-corrected chi connectivity index (χ1v) is 4.33. The highest BCUT2D eigenvalue weighted by Crippen LogP contribution is 2.18. The smallest absolute Gasteiger partial charge is 0.379 e. The van der Waals surface area contributed by atoms with Gasteiger partial charge in [0.05, 0.1) is 12.1 Å². The van der Waals surface area contributed by atoms with Crippen molar-refractivity contribution < 1.29 is 14.3 Å². The van der Waals surface area contributed by atoms with Crippen LogP contribution in [0.4, 0.5) is 0 Å². The molecule has 0 atom stereocenters. The lowest BCUT2D eigenvalue weighted by atomic mass is 10.1. The molecule has 0 radical (unpaired) electrons. The van der Waals surface area contributed by atoms with E-state index < -0.39 is 11.8 Å². The Hall–Kier alpha value is -1.35. The molecule has 0 aliphatic heterocycles. The largest absolute Gasteiger partial charge is 0.463 e. The molecule has 0 aliphatic carbocycles. The SMILES string of the molecule is COC(=O)C(=O)c1ccc(C)cc1Cl. The Balaban J connectivity index is 3.08. The standard InChI is InChI=1S/C10H9ClO3/c1-6-3-4-7(8(11)5-6)9(12)10(13)14-2/h3-5H,1-2H3. The lowest BCUT2D eigenvalue weighted by Gasteiger charge is -2.02. The van der Waals surface area contributed by atoms with Crippen molar-refractivity contribution in [2.45, 2.75) is 6.92 Å². The van der Waals surface area contributed by atoms with E-state index in [1.165, 1.54) is 6.07 Å². The zero-order chi connectivity index (χ0) is 10.7.